The molecule has 1 aromatic rings. The number of rotatable bonds is 4. The molecule has 1 fully saturated rings. The summed E-state index contributed by atoms with van der Waals surface area (Å²) in [5.41, 5.74) is -0.864. The lowest BCUT2D eigenvalue weighted by Crippen LogP contribution is -2.42. The molecule has 0 unspecified atom stereocenters. The Morgan fingerprint density at radius 1 is 1.07 bits per heavy atom. The molecule has 0 bridgehead atoms. The second kappa shape index (κ2) is 9.18. The van der Waals surface area contributed by atoms with Gasteiger partial charge in [-0.2, -0.15) is 26.3 Å². The molecule has 2 amide bonds. The van der Waals surface area contributed by atoms with Crippen LogP contribution in [0.25, 0.3) is 0 Å². The number of alkyl carbamates (subject to hydrolysis) is 1. The standard InChI is InChI=1S/C16H18F6N4O3/c17-15(18,19)10-29-14(28)24-9-13(27)26-5-1-4-25(6-7-26)12-3-2-11(8-23-12)16(20,21)22/h2-3,8H,1,4-7,9-10H2,(H,24,28). The van der Waals surface area contributed by atoms with Crippen LogP contribution in [0.5, 0.6) is 0 Å². The van der Waals surface area contributed by atoms with E-state index in [1.807, 2.05) is 5.32 Å². The van der Waals surface area contributed by atoms with Gasteiger partial charge in [-0.15, -0.1) is 0 Å². The van der Waals surface area contributed by atoms with Crippen molar-refractivity contribution in [1.82, 2.24) is 15.2 Å². The minimum Gasteiger partial charge on any atom is -0.440 e. The number of carbonyl (C=O) groups is 2. The highest BCUT2D eigenvalue weighted by Gasteiger charge is 2.31. The SMILES string of the molecule is O=C(NCC(=O)N1CCCN(c2ccc(C(F)(F)F)cn2)CC1)OCC(F)(F)F. The quantitative estimate of drug-likeness (QED) is 0.746. The van der Waals surface area contributed by atoms with Crippen molar-refractivity contribution in [2.45, 2.75) is 18.8 Å². The van der Waals surface area contributed by atoms with Gasteiger partial charge >= 0.3 is 18.4 Å². The van der Waals surface area contributed by atoms with Crippen LogP contribution in [0.2, 0.25) is 0 Å². The third kappa shape index (κ3) is 7.31. The van der Waals surface area contributed by atoms with Crippen molar-refractivity contribution in [1.29, 1.82) is 0 Å². The van der Waals surface area contributed by atoms with Crippen LogP contribution in [0.1, 0.15) is 12.0 Å². The lowest BCUT2D eigenvalue weighted by Gasteiger charge is -2.23. The van der Waals surface area contributed by atoms with E-state index in [9.17, 15) is 35.9 Å². The van der Waals surface area contributed by atoms with Crippen molar-refractivity contribution in [3.8, 4) is 0 Å². The van der Waals surface area contributed by atoms with Crippen molar-refractivity contribution < 1.29 is 40.7 Å². The summed E-state index contributed by atoms with van der Waals surface area (Å²) >= 11 is 0. The number of aromatic nitrogens is 1. The molecule has 1 saturated heterocycles. The van der Waals surface area contributed by atoms with Crippen molar-refractivity contribution in [2.75, 3.05) is 44.2 Å². The van der Waals surface area contributed by atoms with Gasteiger partial charge in [0.15, 0.2) is 6.61 Å². The first kappa shape index (κ1) is 22.6. The lowest BCUT2D eigenvalue weighted by molar-refractivity contribution is -0.160. The van der Waals surface area contributed by atoms with Gasteiger partial charge in [0.25, 0.3) is 0 Å². The van der Waals surface area contributed by atoms with Gasteiger partial charge in [-0.3, -0.25) is 4.79 Å². The Kier molecular flexibility index (Phi) is 7.14. The second-order valence-corrected chi connectivity index (χ2v) is 6.17. The van der Waals surface area contributed by atoms with Gasteiger partial charge < -0.3 is 19.9 Å². The minimum atomic E-state index is -4.66. The van der Waals surface area contributed by atoms with Gasteiger partial charge in [-0.05, 0) is 18.6 Å². The molecule has 0 aromatic carbocycles. The van der Waals surface area contributed by atoms with E-state index in [1.165, 1.54) is 11.0 Å². The van der Waals surface area contributed by atoms with Crippen LogP contribution in [0.15, 0.2) is 18.3 Å². The fourth-order valence-electron chi connectivity index (χ4n) is 2.59. The number of hydrogen-bond donors (Lipinski definition) is 1. The monoisotopic (exact) mass is 428 g/mol. The Morgan fingerprint density at radius 2 is 1.79 bits per heavy atom. The number of amides is 2. The van der Waals surface area contributed by atoms with Crippen LogP contribution in [-0.2, 0) is 15.7 Å². The number of ether oxygens (including phenoxy) is 1. The molecule has 162 valence electrons. The maximum Gasteiger partial charge on any atom is 0.422 e. The predicted octanol–water partition coefficient (Wildman–Crippen LogP) is 2.43. The highest BCUT2D eigenvalue weighted by molar-refractivity contribution is 5.82. The average molecular weight is 428 g/mol. The summed E-state index contributed by atoms with van der Waals surface area (Å²) in [5.74, 6) is -0.183. The molecule has 1 aromatic heterocycles. The molecule has 1 aliphatic heterocycles. The van der Waals surface area contributed by atoms with E-state index in [1.54, 1.807) is 4.90 Å². The van der Waals surface area contributed by atoms with E-state index in [4.69, 9.17) is 0 Å². The molecule has 1 aliphatic rings. The first-order chi connectivity index (χ1) is 13.5. The number of nitrogens with zero attached hydrogens (tertiary/aromatic N) is 3. The normalized spacial score (nSPS) is 15.7. The van der Waals surface area contributed by atoms with E-state index < -0.39 is 43.1 Å². The zero-order valence-electron chi connectivity index (χ0n) is 15.0. The lowest BCUT2D eigenvalue weighted by atomic mass is 10.2. The Morgan fingerprint density at radius 3 is 2.38 bits per heavy atom. The molecule has 0 atom stereocenters. The molecule has 7 nitrogen and oxygen atoms in total. The molecular weight excluding hydrogens is 410 g/mol. The molecule has 0 saturated carbocycles. The van der Waals surface area contributed by atoms with Crippen molar-refractivity contribution in [2.24, 2.45) is 0 Å². The Labute approximate surface area is 161 Å². The number of carbonyl (C=O) groups excluding carboxylic acids is 2. The largest absolute Gasteiger partial charge is 0.440 e. The summed E-state index contributed by atoms with van der Waals surface area (Å²) in [6, 6.07) is 2.17. The number of pyridine rings is 1. The van der Waals surface area contributed by atoms with Gasteiger partial charge in [0, 0.05) is 32.4 Å². The van der Waals surface area contributed by atoms with Crippen molar-refractivity contribution in [3.05, 3.63) is 23.9 Å². The summed E-state index contributed by atoms with van der Waals surface area (Å²) in [6.07, 6.45) is -9.28. The molecule has 2 rings (SSSR count). The molecule has 1 N–H and O–H groups in total. The van der Waals surface area contributed by atoms with Gasteiger partial charge in [0.1, 0.15) is 12.4 Å². The van der Waals surface area contributed by atoms with E-state index in [0.29, 0.717) is 31.9 Å². The van der Waals surface area contributed by atoms with Crippen LogP contribution in [-0.4, -0.2) is 67.4 Å². The Balaban J connectivity index is 1.83. The molecule has 29 heavy (non-hydrogen) atoms. The highest BCUT2D eigenvalue weighted by Crippen LogP contribution is 2.29. The molecular formula is C16H18F6N4O3. The number of alkyl halides is 6. The average Bonchev–Trinajstić information content (AvgIpc) is 2.89. The summed E-state index contributed by atoms with van der Waals surface area (Å²) in [7, 11) is 0. The van der Waals surface area contributed by atoms with Gasteiger partial charge in [0.05, 0.1) is 5.56 Å². The zero-order chi connectivity index (χ0) is 21.7. The fraction of sp³-hybridized carbons (Fsp3) is 0.562. The fourth-order valence-corrected chi connectivity index (χ4v) is 2.59. The van der Waals surface area contributed by atoms with Gasteiger partial charge in [-0.1, -0.05) is 0 Å². The van der Waals surface area contributed by atoms with Crippen LogP contribution in [0.4, 0.5) is 37.0 Å². The molecule has 0 radical (unpaired) electrons. The highest BCUT2D eigenvalue weighted by atomic mass is 19.4. The molecule has 13 heteroatoms. The molecule has 0 spiro atoms. The Hall–Kier alpha value is -2.73. The summed E-state index contributed by atoms with van der Waals surface area (Å²) in [4.78, 5) is 30.2. The van der Waals surface area contributed by atoms with Crippen LogP contribution in [0, 0.1) is 0 Å². The number of nitrogens with one attached hydrogen (secondary N) is 1. The van der Waals surface area contributed by atoms with Crippen LogP contribution in [0.3, 0.4) is 0 Å². The van der Waals surface area contributed by atoms with Crippen LogP contribution >= 0.6 is 0 Å². The smallest absolute Gasteiger partial charge is 0.422 e. The molecule has 2 heterocycles. The minimum absolute atomic E-state index is 0.209. The van der Waals surface area contributed by atoms with Gasteiger partial charge in [-0.25, -0.2) is 9.78 Å². The number of halogens is 6. The first-order valence-corrected chi connectivity index (χ1v) is 8.49. The molecule has 0 aliphatic carbocycles. The van der Waals surface area contributed by atoms with E-state index >= 15 is 0 Å². The second-order valence-electron chi connectivity index (χ2n) is 6.17. The summed E-state index contributed by atoms with van der Waals surface area (Å²) in [6.45, 7) is -1.02. The van der Waals surface area contributed by atoms with Crippen molar-refractivity contribution in [3.63, 3.8) is 0 Å². The van der Waals surface area contributed by atoms with Crippen LogP contribution < -0.4 is 10.2 Å². The maximum absolute atomic E-state index is 12.6. The summed E-state index contributed by atoms with van der Waals surface area (Å²) in [5, 5.41) is 1.95. The number of anilines is 1. The zero-order valence-corrected chi connectivity index (χ0v) is 15.0. The third-order valence-electron chi connectivity index (χ3n) is 4.00. The predicted molar refractivity (Wildman–Crippen MR) is 88.1 cm³/mol. The van der Waals surface area contributed by atoms with Gasteiger partial charge in [0.2, 0.25) is 5.91 Å². The summed E-state index contributed by atoms with van der Waals surface area (Å²) < 4.78 is 77.7. The van der Waals surface area contributed by atoms with Crippen molar-refractivity contribution >= 4 is 17.8 Å². The topological polar surface area (TPSA) is 74.8 Å². The first-order valence-electron chi connectivity index (χ1n) is 8.49. The Bertz CT molecular complexity index is 708. The van der Waals surface area contributed by atoms with E-state index in [2.05, 4.69) is 9.72 Å². The maximum atomic E-state index is 12.6. The van der Waals surface area contributed by atoms with E-state index in [0.717, 1.165) is 12.3 Å². The van der Waals surface area contributed by atoms with E-state index in [-0.39, 0.29) is 6.54 Å². The third-order valence-corrected chi connectivity index (χ3v) is 4.00. The number of hydrogen-bond acceptors (Lipinski definition) is 5.